The van der Waals surface area contributed by atoms with Crippen LogP contribution in [-0.4, -0.2) is 15.3 Å². The second kappa shape index (κ2) is 9.21. The molecule has 3 N–H and O–H groups in total. The van der Waals surface area contributed by atoms with E-state index in [0.717, 1.165) is 25.7 Å². The van der Waals surface area contributed by atoms with Gasteiger partial charge in [0.2, 0.25) is 0 Å². The van der Waals surface area contributed by atoms with Gasteiger partial charge in [0.25, 0.3) is 0 Å². The van der Waals surface area contributed by atoms with Gasteiger partial charge in [-0.25, -0.2) is 0 Å². The molecule has 3 heteroatoms. The van der Waals surface area contributed by atoms with Gasteiger partial charge < -0.3 is 15.3 Å². The third kappa shape index (κ3) is 7.27. The summed E-state index contributed by atoms with van der Waals surface area (Å²) in [5.74, 6) is -0.0221. The molecule has 1 fully saturated rings. The molecule has 1 aromatic rings. The first kappa shape index (κ1) is 21.9. The molecular formula is C24H40O3. The molecule has 1 aliphatic carbocycles. The molecule has 3 nitrogen and oxygen atoms in total. The molecule has 27 heavy (non-hydrogen) atoms. The lowest BCUT2D eigenvalue weighted by Crippen LogP contribution is -2.03. The van der Waals surface area contributed by atoms with E-state index in [1.165, 1.54) is 38.5 Å². The molecule has 0 bridgehead atoms. The van der Waals surface area contributed by atoms with Crippen molar-refractivity contribution in [2.45, 2.75) is 105 Å². The number of aromatic hydroxyl groups is 3. The first-order valence-electron chi connectivity index (χ1n) is 10.9. The van der Waals surface area contributed by atoms with Crippen molar-refractivity contribution >= 4 is 0 Å². The third-order valence-electron chi connectivity index (χ3n) is 6.12. The van der Waals surface area contributed by atoms with E-state index >= 15 is 0 Å². The van der Waals surface area contributed by atoms with Crippen LogP contribution < -0.4 is 0 Å². The number of aryl methyl sites for hydroxylation is 1. The van der Waals surface area contributed by atoms with Crippen LogP contribution in [-0.2, 0) is 12.8 Å². The van der Waals surface area contributed by atoms with Crippen LogP contribution in [0.15, 0.2) is 6.07 Å². The summed E-state index contributed by atoms with van der Waals surface area (Å²) in [4.78, 5) is 0. The summed E-state index contributed by atoms with van der Waals surface area (Å²) in [6, 6.07) is 1.66. The van der Waals surface area contributed by atoms with Crippen LogP contribution in [0, 0.1) is 10.8 Å². The van der Waals surface area contributed by atoms with Crippen molar-refractivity contribution in [1.82, 2.24) is 0 Å². The number of hydrogen-bond donors (Lipinski definition) is 3. The van der Waals surface area contributed by atoms with Crippen molar-refractivity contribution in [2.24, 2.45) is 10.8 Å². The number of phenols is 3. The van der Waals surface area contributed by atoms with Crippen molar-refractivity contribution in [2.75, 3.05) is 0 Å². The van der Waals surface area contributed by atoms with Crippen molar-refractivity contribution in [3.05, 3.63) is 17.2 Å². The highest BCUT2D eigenvalue weighted by atomic mass is 16.3. The zero-order valence-corrected chi connectivity index (χ0v) is 17.9. The van der Waals surface area contributed by atoms with Gasteiger partial charge in [-0.15, -0.1) is 0 Å². The summed E-state index contributed by atoms with van der Waals surface area (Å²) in [5, 5.41) is 31.0. The normalized spacial score (nSPS) is 15.9. The van der Waals surface area contributed by atoms with Crippen LogP contribution in [0.3, 0.4) is 0 Å². The molecule has 0 aromatic heterocycles. The fourth-order valence-corrected chi connectivity index (χ4v) is 3.82. The molecule has 0 atom stereocenters. The molecule has 2 rings (SSSR count). The summed E-state index contributed by atoms with van der Waals surface area (Å²) in [7, 11) is 0. The van der Waals surface area contributed by atoms with Gasteiger partial charge in [0.1, 0.15) is 5.75 Å². The molecule has 0 heterocycles. The molecule has 1 aliphatic rings. The van der Waals surface area contributed by atoms with E-state index in [-0.39, 0.29) is 17.2 Å². The number of hydrogen-bond acceptors (Lipinski definition) is 3. The quantitative estimate of drug-likeness (QED) is 0.225. The highest BCUT2D eigenvalue weighted by molar-refractivity contribution is 5.56. The Kier molecular flexibility index (Phi) is 7.47. The summed E-state index contributed by atoms with van der Waals surface area (Å²) in [5.41, 5.74) is 2.11. The highest BCUT2D eigenvalue weighted by Gasteiger charge is 2.35. The largest absolute Gasteiger partial charge is 0.508 e. The van der Waals surface area contributed by atoms with Crippen LogP contribution in [0.1, 0.15) is 103 Å². The average Bonchev–Trinajstić information content (AvgIpc) is 3.31. The van der Waals surface area contributed by atoms with E-state index in [1.807, 2.05) is 0 Å². The minimum absolute atomic E-state index is 0.0341. The van der Waals surface area contributed by atoms with Gasteiger partial charge in [-0.2, -0.15) is 0 Å². The molecule has 1 saturated carbocycles. The van der Waals surface area contributed by atoms with Crippen molar-refractivity contribution < 1.29 is 15.3 Å². The van der Waals surface area contributed by atoms with Gasteiger partial charge in [0, 0.05) is 11.1 Å². The van der Waals surface area contributed by atoms with E-state index in [2.05, 4.69) is 27.7 Å². The van der Waals surface area contributed by atoms with Crippen LogP contribution >= 0.6 is 0 Å². The molecule has 0 unspecified atom stereocenters. The average molecular weight is 377 g/mol. The van der Waals surface area contributed by atoms with Crippen LogP contribution in [0.5, 0.6) is 17.2 Å². The Hall–Kier alpha value is -1.38. The number of phenolic OH excluding ortho intramolecular Hbond substituents is 3. The topological polar surface area (TPSA) is 60.7 Å². The minimum atomic E-state index is -0.117. The van der Waals surface area contributed by atoms with Crippen LogP contribution in [0.25, 0.3) is 0 Å². The van der Waals surface area contributed by atoms with Gasteiger partial charge in [-0.3, -0.25) is 0 Å². The SMILES string of the molecule is CC(C)(C)CCCCCCc1c(O)cc(CCCCC2(C)CC2)c(O)c1O. The Morgan fingerprint density at radius 2 is 1.48 bits per heavy atom. The van der Waals surface area contributed by atoms with Crippen LogP contribution in [0.2, 0.25) is 0 Å². The minimum Gasteiger partial charge on any atom is -0.508 e. The van der Waals surface area contributed by atoms with Gasteiger partial charge in [-0.05, 0) is 68.3 Å². The fraction of sp³-hybridized carbons (Fsp3) is 0.750. The maximum Gasteiger partial charge on any atom is 0.164 e. The lowest BCUT2D eigenvalue weighted by molar-refractivity contribution is 0.356. The zero-order valence-electron chi connectivity index (χ0n) is 17.9. The summed E-state index contributed by atoms with van der Waals surface area (Å²) < 4.78 is 0. The van der Waals surface area contributed by atoms with E-state index in [0.29, 0.717) is 34.8 Å². The molecule has 0 amide bonds. The summed E-state index contributed by atoms with van der Waals surface area (Å²) >= 11 is 0. The Morgan fingerprint density at radius 1 is 0.852 bits per heavy atom. The van der Waals surface area contributed by atoms with Gasteiger partial charge in [0.05, 0.1) is 0 Å². The van der Waals surface area contributed by atoms with E-state index in [4.69, 9.17) is 0 Å². The molecule has 0 radical (unpaired) electrons. The number of benzene rings is 1. The fourth-order valence-electron chi connectivity index (χ4n) is 3.82. The zero-order chi connectivity index (χ0) is 20.1. The lowest BCUT2D eigenvalue weighted by atomic mass is 9.89. The molecule has 0 spiro atoms. The number of rotatable bonds is 11. The monoisotopic (exact) mass is 376 g/mol. The number of unbranched alkanes of at least 4 members (excludes halogenated alkanes) is 4. The predicted octanol–water partition coefficient (Wildman–Crippen LogP) is 6.86. The summed E-state index contributed by atoms with van der Waals surface area (Å²) in [6.45, 7) is 9.12. The lowest BCUT2D eigenvalue weighted by Gasteiger charge is -2.17. The first-order chi connectivity index (χ1) is 12.6. The second-order valence-electron chi connectivity index (χ2n) is 10.2. The van der Waals surface area contributed by atoms with Gasteiger partial charge in [0.15, 0.2) is 11.5 Å². The Morgan fingerprint density at radius 3 is 2.11 bits per heavy atom. The van der Waals surface area contributed by atoms with Crippen LogP contribution in [0.4, 0.5) is 0 Å². The Bertz CT molecular complexity index is 609. The van der Waals surface area contributed by atoms with Gasteiger partial charge >= 0.3 is 0 Å². The van der Waals surface area contributed by atoms with Crippen molar-refractivity contribution in [1.29, 1.82) is 0 Å². The van der Waals surface area contributed by atoms with Crippen molar-refractivity contribution in [3.63, 3.8) is 0 Å². The molecule has 154 valence electrons. The molecule has 0 aliphatic heterocycles. The summed E-state index contributed by atoms with van der Waals surface area (Å²) in [6.07, 6.45) is 12.9. The highest BCUT2D eigenvalue weighted by Crippen LogP contribution is 2.49. The smallest absolute Gasteiger partial charge is 0.164 e. The maximum atomic E-state index is 10.4. The third-order valence-corrected chi connectivity index (χ3v) is 6.12. The van der Waals surface area contributed by atoms with E-state index < -0.39 is 0 Å². The predicted molar refractivity (Wildman–Crippen MR) is 113 cm³/mol. The van der Waals surface area contributed by atoms with E-state index in [1.54, 1.807) is 6.07 Å². The van der Waals surface area contributed by atoms with Gasteiger partial charge in [-0.1, -0.05) is 53.4 Å². The standard InChI is InChI=1S/C24H40O3/c1-23(2,3)13-9-6-5-7-12-19-20(25)17-18(21(26)22(19)27)11-8-10-14-24(4)15-16-24/h17,25-27H,5-16H2,1-4H3. The first-order valence-corrected chi connectivity index (χ1v) is 10.9. The molecule has 0 saturated heterocycles. The Labute approximate surface area is 165 Å². The molecule has 1 aromatic carbocycles. The molecular weight excluding hydrogens is 336 g/mol. The Balaban J connectivity index is 1.78. The maximum absolute atomic E-state index is 10.4. The second-order valence-corrected chi connectivity index (χ2v) is 10.2. The van der Waals surface area contributed by atoms with E-state index in [9.17, 15) is 15.3 Å². The van der Waals surface area contributed by atoms with Crippen molar-refractivity contribution in [3.8, 4) is 17.2 Å².